The molecule has 0 aliphatic heterocycles. The van der Waals surface area contributed by atoms with E-state index in [2.05, 4.69) is 46.7 Å². The second-order valence-electron chi connectivity index (χ2n) is 6.46. The van der Waals surface area contributed by atoms with Gasteiger partial charge in [-0.2, -0.15) is 5.10 Å². The molecular formula is C15H24N6OS. The number of hydrogen-bond acceptors (Lipinski definition) is 5. The minimum absolute atomic E-state index is 0.0892. The Morgan fingerprint density at radius 1 is 1.39 bits per heavy atom. The Kier molecular flexibility index (Phi) is 5.03. The van der Waals surface area contributed by atoms with E-state index >= 15 is 0 Å². The average molecular weight is 336 g/mol. The van der Waals surface area contributed by atoms with Crippen LogP contribution >= 0.6 is 11.3 Å². The molecule has 0 radical (unpaired) electrons. The third kappa shape index (κ3) is 4.28. The van der Waals surface area contributed by atoms with Crippen molar-refractivity contribution in [3.05, 3.63) is 22.5 Å². The first-order valence-electron chi connectivity index (χ1n) is 7.67. The molecule has 8 heteroatoms. The summed E-state index contributed by atoms with van der Waals surface area (Å²) in [5, 5.41) is 19.5. The maximum absolute atomic E-state index is 12.1. The third-order valence-electron chi connectivity index (χ3n) is 3.43. The van der Waals surface area contributed by atoms with E-state index in [1.54, 1.807) is 0 Å². The molecule has 0 aliphatic rings. The van der Waals surface area contributed by atoms with E-state index in [-0.39, 0.29) is 17.6 Å². The number of urea groups is 1. The zero-order chi connectivity index (χ0) is 17.2. The van der Waals surface area contributed by atoms with Gasteiger partial charge in [0.25, 0.3) is 0 Å². The predicted octanol–water partition coefficient (Wildman–Crippen LogP) is 3.24. The Hall–Kier alpha value is -1.96. The number of aromatic nitrogens is 4. The number of carbonyl (C=O) groups is 1. The van der Waals surface area contributed by atoms with E-state index in [1.165, 1.54) is 11.3 Å². The lowest BCUT2D eigenvalue weighted by atomic mass is 10.1. The van der Waals surface area contributed by atoms with Crippen molar-refractivity contribution in [2.45, 2.75) is 59.5 Å². The number of nitrogens with zero attached hydrogens (tertiary/aromatic N) is 4. The van der Waals surface area contributed by atoms with Crippen molar-refractivity contribution in [3.8, 4) is 0 Å². The number of rotatable bonds is 4. The molecule has 0 bridgehead atoms. The van der Waals surface area contributed by atoms with E-state index < -0.39 is 0 Å². The second kappa shape index (κ2) is 6.66. The Balaban J connectivity index is 2.02. The molecule has 0 aromatic carbocycles. The summed E-state index contributed by atoms with van der Waals surface area (Å²) in [6.07, 6.45) is 2.79. The maximum Gasteiger partial charge on any atom is 0.321 e. The summed E-state index contributed by atoms with van der Waals surface area (Å²) in [4.78, 5) is 12.1. The molecule has 1 atom stereocenters. The van der Waals surface area contributed by atoms with E-state index in [0.717, 1.165) is 22.7 Å². The van der Waals surface area contributed by atoms with E-state index in [4.69, 9.17) is 0 Å². The average Bonchev–Trinajstić information content (AvgIpc) is 3.04. The number of hydrogen-bond donors (Lipinski definition) is 2. The number of aryl methyl sites for hydroxylation is 2. The second-order valence-corrected chi connectivity index (χ2v) is 7.52. The number of amides is 2. The molecule has 2 heterocycles. The summed E-state index contributed by atoms with van der Waals surface area (Å²) in [5.41, 5.74) is 1.83. The van der Waals surface area contributed by atoms with Gasteiger partial charge in [0.1, 0.15) is 5.01 Å². The van der Waals surface area contributed by atoms with Gasteiger partial charge in [-0.3, -0.25) is 10.00 Å². The summed E-state index contributed by atoms with van der Waals surface area (Å²) in [6, 6.07) is -0.441. The minimum Gasteiger partial charge on any atom is -0.331 e. The molecule has 2 amide bonds. The van der Waals surface area contributed by atoms with Gasteiger partial charge in [-0.05, 0) is 41.0 Å². The fraction of sp³-hybridized carbons (Fsp3) is 0.600. The van der Waals surface area contributed by atoms with Crippen molar-refractivity contribution in [2.24, 2.45) is 0 Å². The summed E-state index contributed by atoms with van der Waals surface area (Å²) in [6.45, 7) is 12.2. The Labute approximate surface area is 140 Å². The summed E-state index contributed by atoms with van der Waals surface area (Å²) < 4.78 is 1.92. The van der Waals surface area contributed by atoms with E-state index in [0.29, 0.717) is 5.13 Å². The van der Waals surface area contributed by atoms with Crippen molar-refractivity contribution < 1.29 is 4.79 Å². The predicted molar refractivity (Wildman–Crippen MR) is 91.8 cm³/mol. The van der Waals surface area contributed by atoms with Crippen LogP contribution in [0.15, 0.2) is 6.20 Å². The van der Waals surface area contributed by atoms with Crippen LogP contribution in [-0.4, -0.2) is 26.0 Å². The standard InChI is InChI=1S/C15H24N6OS/c1-7-12-18-19-14(23-12)17-13(22)16-9(2)11-8-21(15(4,5)6)20-10(11)3/h8-9H,7H2,1-6H3,(H2,16,17,19,22)/t9-/m0/s1. The molecule has 23 heavy (non-hydrogen) atoms. The Morgan fingerprint density at radius 2 is 2.09 bits per heavy atom. The molecule has 2 aromatic heterocycles. The molecule has 0 fully saturated rings. The molecule has 126 valence electrons. The minimum atomic E-state index is -0.292. The first kappa shape index (κ1) is 17.4. The van der Waals surface area contributed by atoms with Crippen LogP contribution < -0.4 is 10.6 Å². The summed E-state index contributed by atoms with van der Waals surface area (Å²) in [5.74, 6) is 0. The SMILES string of the molecule is CCc1nnc(NC(=O)N[C@@H](C)c2cn(C(C)(C)C)nc2C)s1. The summed E-state index contributed by atoms with van der Waals surface area (Å²) in [7, 11) is 0. The van der Waals surface area contributed by atoms with Crippen LogP contribution in [0.25, 0.3) is 0 Å². The van der Waals surface area contributed by atoms with Crippen molar-refractivity contribution in [1.29, 1.82) is 0 Å². The molecule has 0 saturated heterocycles. The molecule has 0 spiro atoms. The highest BCUT2D eigenvalue weighted by atomic mass is 32.1. The molecule has 2 N–H and O–H groups in total. The number of carbonyl (C=O) groups excluding carboxylic acids is 1. The molecule has 0 saturated carbocycles. The highest BCUT2D eigenvalue weighted by Crippen LogP contribution is 2.21. The molecule has 2 aromatic rings. The molecule has 0 unspecified atom stereocenters. The van der Waals surface area contributed by atoms with Gasteiger partial charge in [0.05, 0.1) is 17.3 Å². The van der Waals surface area contributed by atoms with E-state index in [1.807, 2.05) is 31.6 Å². The van der Waals surface area contributed by atoms with Gasteiger partial charge in [0.2, 0.25) is 5.13 Å². The van der Waals surface area contributed by atoms with Gasteiger partial charge in [0.15, 0.2) is 0 Å². The highest BCUT2D eigenvalue weighted by molar-refractivity contribution is 7.15. The van der Waals surface area contributed by atoms with Gasteiger partial charge < -0.3 is 5.32 Å². The number of nitrogens with one attached hydrogen (secondary N) is 2. The van der Waals surface area contributed by atoms with Crippen molar-refractivity contribution >= 4 is 22.5 Å². The van der Waals surface area contributed by atoms with E-state index in [9.17, 15) is 4.79 Å². The van der Waals surface area contributed by atoms with Crippen LogP contribution in [0.4, 0.5) is 9.93 Å². The fourth-order valence-corrected chi connectivity index (χ4v) is 2.77. The van der Waals surface area contributed by atoms with Gasteiger partial charge >= 0.3 is 6.03 Å². The first-order valence-corrected chi connectivity index (χ1v) is 8.49. The van der Waals surface area contributed by atoms with Crippen LogP contribution in [0.1, 0.15) is 56.9 Å². The normalized spacial score (nSPS) is 13.0. The van der Waals surface area contributed by atoms with Gasteiger partial charge in [-0.1, -0.05) is 18.3 Å². The lowest BCUT2D eigenvalue weighted by Crippen LogP contribution is -2.31. The number of anilines is 1. The Morgan fingerprint density at radius 3 is 2.61 bits per heavy atom. The fourth-order valence-electron chi connectivity index (χ4n) is 2.10. The van der Waals surface area contributed by atoms with Gasteiger partial charge in [-0.25, -0.2) is 4.79 Å². The smallest absolute Gasteiger partial charge is 0.321 e. The Bertz CT molecular complexity index is 684. The van der Waals surface area contributed by atoms with Crippen LogP contribution in [0, 0.1) is 6.92 Å². The molecule has 7 nitrogen and oxygen atoms in total. The monoisotopic (exact) mass is 336 g/mol. The lowest BCUT2D eigenvalue weighted by molar-refractivity contribution is 0.249. The zero-order valence-electron chi connectivity index (χ0n) is 14.5. The maximum atomic E-state index is 12.1. The van der Waals surface area contributed by atoms with Crippen LogP contribution in [0.2, 0.25) is 0 Å². The van der Waals surface area contributed by atoms with Crippen molar-refractivity contribution in [3.63, 3.8) is 0 Å². The molecule has 0 aliphatic carbocycles. The largest absolute Gasteiger partial charge is 0.331 e. The zero-order valence-corrected chi connectivity index (χ0v) is 15.3. The third-order valence-corrected chi connectivity index (χ3v) is 4.41. The topological polar surface area (TPSA) is 84.7 Å². The highest BCUT2D eigenvalue weighted by Gasteiger charge is 2.20. The van der Waals surface area contributed by atoms with Crippen molar-refractivity contribution in [2.75, 3.05) is 5.32 Å². The lowest BCUT2D eigenvalue weighted by Gasteiger charge is -2.19. The van der Waals surface area contributed by atoms with Crippen LogP contribution in [0.3, 0.4) is 0 Å². The summed E-state index contributed by atoms with van der Waals surface area (Å²) >= 11 is 1.38. The van der Waals surface area contributed by atoms with Crippen LogP contribution in [0.5, 0.6) is 0 Å². The molecule has 2 rings (SSSR count). The van der Waals surface area contributed by atoms with Gasteiger partial charge in [-0.15, -0.1) is 10.2 Å². The van der Waals surface area contributed by atoms with Crippen molar-refractivity contribution in [1.82, 2.24) is 25.3 Å². The first-order chi connectivity index (χ1) is 10.7. The quantitative estimate of drug-likeness (QED) is 0.897. The van der Waals surface area contributed by atoms with Crippen LogP contribution in [-0.2, 0) is 12.0 Å². The molecular weight excluding hydrogens is 312 g/mol. The van der Waals surface area contributed by atoms with Gasteiger partial charge in [0, 0.05) is 11.8 Å².